The Hall–Kier alpha value is -2.08. The lowest BCUT2D eigenvalue weighted by molar-refractivity contribution is 1.37. The van der Waals surface area contributed by atoms with E-state index in [1.807, 2.05) is 0 Å². The number of benzene rings is 4. The van der Waals surface area contributed by atoms with Gasteiger partial charge in [0.15, 0.2) is 0 Å². The minimum atomic E-state index is 1.36. The van der Waals surface area contributed by atoms with Crippen LogP contribution in [0.15, 0.2) is 30.3 Å². The molecule has 0 aliphatic rings. The van der Waals surface area contributed by atoms with Crippen molar-refractivity contribution in [3.05, 3.63) is 58.1 Å². The fourth-order valence-electron chi connectivity index (χ4n) is 4.12. The second-order valence-corrected chi connectivity index (χ2v) is 6.48. The molecule has 0 saturated heterocycles. The van der Waals surface area contributed by atoms with Crippen LogP contribution in [0.4, 0.5) is 0 Å². The van der Waals surface area contributed by atoms with Gasteiger partial charge in [-0.05, 0) is 94.8 Å². The Balaban J connectivity index is 2.53. The van der Waals surface area contributed by atoms with E-state index >= 15 is 0 Å². The molecule has 0 aliphatic heterocycles. The van der Waals surface area contributed by atoms with Gasteiger partial charge in [0.25, 0.3) is 0 Å². The molecular formula is C21H20. The van der Waals surface area contributed by atoms with Gasteiger partial charge in [0.05, 0.1) is 0 Å². The van der Waals surface area contributed by atoms with Crippen molar-refractivity contribution >= 4 is 32.3 Å². The molecule has 0 saturated carbocycles. The van der Waals surface area contributed by atoms with Gasteiger partial charge in [-0.3, -0.25) is 0 Å². The topological polar surface area (TPSA) is 0 Å². The molecular weight excluding hydrogens is 252 g/mol. The summed E-state index contributed by atoms with van der Waals surface area (Å²) in [5.41, 5.74) is 7.04. The molecule has 4 rings (SSSR count). The second-order valence-electron chi connectivity index (χ2n) is 6.48. The molecule has 0 atom stereocenters. The highest BCUT2D eigenvalue weighted by Crippen LogP contribution is 2.42. The monoisotopic (exact) mass is 272 g/mol. The van der Waals surface area contributed by atoms with Crippen LogP contribution in [0.5, 0.6) is 0 Å². The molecule has 0 heteroatoms. The van der Waals surface area contributed by atoms with E-state index in [9.17, 15) is 0 Å². The molecule has 0 fully saturated rings. The van der Waals surface area contributed by atoms with E-state index in [0.29, 0.717) is 0 Å². The Morgan fingerprint density at radius 1 is 0.524 bits per heavy atom. The van der Waals surface area contributed by atoms with Crippen molar-refractivity contribution in [1.29, 1.82) is 0 Å². The van der Waals surface area contributed by atoms with Crippen LogP contribution < -0.4 is 0 Å². The Bertz CT molecular complexity index is 1020. The summed E-state index contributed by atoms with van der Waals surface area (Å²) in [6, 6.07) is 11.4. The smallest absolute Gasteiger partial charge is 0.00185 e. The number of hydrogen-bond acceptors (Lipinski definition) is 0. The van der Waals surface area contributed by atoms with Crippen molar-refractivity contribution in [2.45, 2.75) is 34.6 Å². The Morgan fingerprint density at radius 2 is 1.14 bits per heavy atom. The van der Waals surface area contributed by atoms with E-state index in [-0.39, 0.29) is 0 Å². The third kappa shape index (κ3) is 1.45. The van der Waals surface area contributed by atoms with E-state index < -0.39 is 0 Å². The van der Waals surface area contributed by atoms with Gasteiger partial charge in [0.2, 0.25) is 0 Å². The van der Waals surface area contributed by atoms with Crippen LogP contribution in [0.25, 0.3) is 32.3 Å². The van der Waals surface area contributed by atoms with Gasteiger partial charge in [-0.25, -0.2) is 0 Å². The Kier molecular flexibility index (Phi) is 2.39. The van der Waals surface area contributed by atoms with Crippen molar-refractivity contribution in [2.75, 3.05) is 0 Å². The van der Waals surface area contributed by atoms with Crippen LogP contribution >= 0.6 is 0 Å². The standard InChI is InChI=1S/C21H20/c1-11-6-7-16-8-9-17-12(2)10-13(3)19-15(5)14(4)18(11)20(16)21(17)19/h6-10H,1-5H3. The highest BCUT2D eigenvalue weighted by molar-refractivity contribution is 6.26. The third-order valence-electron chi connectivity index (χ3n) is 5.21. The average Bonchev–Trinajstić information content (AvgIpc) is 2.45. The SMILES string of the molecule is Cc1cc(C)c2c(C)c(C)c3c(C)ccc4ccc1c2c43. The van der Waals surface area contributed by atoms with E-state index in [1.54, 1.807) is 0 Å². The van der Waals surface area contributed by atoms with E-state index in [2.05, 4.69) is 65.0 Å². The largest absolute Gasteiger partial charge is 0.0581 e. The molecule has 4 aromatic rings. The maximum absolute atomic E-state index is 2.33. The first-order chi connectivity index (χ1) is 10.0. The van der Waals surface area contributed by atoms with E-state index in [1.165, 1.54) is 60.1 Å². The first kappa shape index (κ1) is 12.6. The van der Waals surface area contributed by atoms with Crippen molar-refractivity contribution < 1.29 is 0 Å². The zero-order valence-electron chi connectivity index (χ0n) is 13.4. The van der Waals surface area contributed by atoms with Crippen molar-refractivity contribution in [3.8, 4) is 0 Å². The molecule has 0 aromatic heterocycles. The lowest BCUT2D eigenvalue weighted by atomic mass is 9.84. The van der Waals surface area contributed by atoms with Gasteiger partial charge >= 0.3 is 0 Å². The van der Waals surface area contributed by atoms with Crippen LogP contribution in [0.2, 0.25) is 0 Å². The molecule has 0 unspecified atom stereocenters. The summed E-state index contributed by atoms with van der Waals surface area (Å²) in [5, 5.41) is 8.59. The van der Waals surface area contributed by atoms with Gasteiger partial charge in [-0.1, -0.05) is 30.3 Å². The lowest BCUT2D eigenvalue weighted by Crippen LogP contribution is -1.96. The average molecular weight is 272 g/mol. The van der Waals surface area contributed by atoms with E-state index in [0.717, 1.165) is 0 Å². The molecule has 0 N–H and O–H groups in total. The first-order valence-corrected chi connectivity index (χ1v) is 7.65. The summed E-state index contributed by atoms with van der Waals surface area (Å²) < 4.78 is 0. The molecule has 0 amide bonds. The van der Waals surface area contributed by atoms with Gasteiger partial charge in [0.1, 0.15) is 0 Å². The van der Waals surface area contributed by atoms with Crippen LogP contribution in [0, 0.1) is 34.6 Å². The fraction of sp³-hybridized carbons (Fsp3) is 0.238. The summed E-state index contributed by atoms with van der Waals surface area (Å²) in [6.07, 6.45) is 0. The Morgan fingerprint density at radius 3 is 1.86 bits per heavy atom. The maximum atomic E-state index is 2.33. The van der Waals surface area contributed by atoms with Crippen molar-refractivity contribution in [1.82, 2.24) is 0 Å². The first-order valence-electron chi connectivity index (χ1n) is 7.65. The molecule has 0 radical (unpaired) electrons. The zero-order valence-corrected chi connectivity index (χ0v) is 13.4. The predicted molar refractivity (Wildman–Crippen MR) is 93.8 cm³/mol. The highest BCUT2D eigenvalue weighted by atomic mass is 14.2. The highest BCUT2D eigenvalue weighted by Gasteiger charge is 2.17. The fourth-order valence-corrected chi connectivity index (χ4v) is 4.12. The molecule has 0 heterocycles. The lowest BCUT2D eigenvalue weighted by Gasteiger charge is -2.20. The Labute approximate surface area is 125 Å². The van der Waals surface area contributed by atoms with Crippen LogP contribution in [0.1, 0.15) is 27.8 Å². The van der Waals surface area contributed by atoms with Crippen molar-refractivity contribution in [3.63, 3.8) is 0 Å². The second kappa shape index (κ2) is 3.98. The zero-order chi connectivity index (χ0) is 14.9. The summed E-state index contributed by atoms with van der Waals surface area (Å²) in [7, 11) is 0. The van der Waals surface area contributed by atoms with Crippen LogP contribution in [-0.4, -0.2) is 0 Å². The molecule has 104 valence electrons. The van der Waals surface area contributed by atoms with Gasteiger partial charge in [0, 0.05) is 0 Å². The molecule has 4 aromatic carbocycles. The molecule has 0 bridgehead atoms. The summed E-state index contributed by atoms with van der Waals surface area (Å²) in [6.45, 7) is 11.3. The predicted octanol–water partition coefficient (Wildman–Crippen LogP) is 6.13. The van der Waals surface area contributed by atoms with Crippen molar-refractivity contribution in [2.24, 2.45) is 0 Å². The maximum Gasteiger partial charge on any atom is -0.00185 e. The molecule has 21 heavy (non-hydrogen) atoms. The normalized spacial score (nSPS) is 12.0. The van der Waals surface area contributed by atoms with Crippen LogP contribution in [0.3, 0.4) is 0 Å². The van der Waals surface area contributed by atoms with E-state index in [4.69, 9.17) is 0 Å². The number of hydrogen-bond donors (Lipinski definition) is 0. The minimum Gasteiger partial charge on any atom is -0.0581 e. The third-order valence-corrected chi connectivity index (χ3v) is 5.21. The summed E-state index contributed by atoms with van der Waals surface area (Å²) in [4.78, 5) is 0. The van der Waals surface area contributed by atoms with Crippen LogP contribution in [-0.2, 0) is 0 Å². The summed E-state index contributed by atoms with van der Waals surface area (Å²) >= 11 is 0. The number of rotatable bonds is 0. The number of aryl methyl sites for hydroxylation is 5. The van der Waals surface area contributed by atoms with Gasteiger partial charge in [-0.2, -0.15) is 0 Å². The van der Waals surface area contributed by atoms with Gasteiger partial charge < -0.3 is 0 Å². The molecule has 0 spiro atoms. The summed E-state index contributed by atoms with van der Waals surface area (Å²) in [5.74, 6) is 0. The molecule has 0 nitrogen and oxygen atoms in total. The van der Waals surface area contributed by atoms with Gasteiger partial charge in [-0.15, -0.1) is 0 Å². The molecule has 0 aliphatic carbocycles. The minimum absolute atomic E-state index is 1.36. The quantitative estimate of drug-likeness (QED) is 0.338.